The van der Waals surface area contributed by atoms with Gasteiger partial charge in [0.15, 0.2) is 9.84 Å². The highest BCUT2D eigenvalue weighted by atomic mass is 32.2. The van der Waals surface area contributed by atoms with Crippen molar-refractivity contribution in [3.63, 3.8) is 0 Å². The fourth-order valence-electron chi connectivity index (χ4n) is 2.41. The molecule has 2 rings (SSSR count). The Labute approximate surface area is 119 Å². The lowest BCUT2D eigenvalue weighted by Gasteiger charge is -2.24. The molecule has 1 fully saturated rings. The molecule has 0 amide bonds. The first-order chi connectivity index (χ1) is 9.50. The maximum absolute atomic E-state index is 11.5. The number of nitrogens with one attached hydrogen (secondary N) is 1. The van der Waals surface area contributed by atoms with E-state index in [2.05, 4.69) is 5.32 Å². The van der Waals surface area contributed by atoms with Gasteiger partial charge in [-0.15, -0.1) is 0 Å². The van der Waals surface area contributed by atoms with Crippen LogP contribution in [-0.2, 0) is 9.84 Å². The maximum Gasteiger partial charge on any atom is 0.151 e. The van der Waals surface area contributed by atoms with E-state index >= 15 is 0 Å². The number of hydrogen-bond acceptors (Lipinski definition) is 5. The number of aliphatic hydroxyl groups excluding tert-OH is 1. The van der Waals surface area contributed by atoms with Crippen molar-refractivity contribution in [2.45, 2.75) is 25.0 Å². The molecule has 0 spiro atoms. The third-order valence-electron chi connectivity index (χ3n) is 3.56. The Morgan fingerprint density at radius 2 is 2.10 bits per heavy atom. The SMILES string of the molecule is COc1ccc(C(O)CNC2CCCS(=O)(=O)C2)cc1. The average Bonchev–Trinajstić information content (AvgIpc) is 2.44. The summed E-state index contributed by atoms with van der Waals surface area (Å²) in [4.78, 5) is 0. The molecule has 112 valence electrons. The van der Waals surface area contributed by atoms with Crippen molar-refractivity contribution in [1.29, 1.82) is 0 Å². The number of rotatable bonds is 5. The smallest absolute Gasteiger partial charge is 0.151 e. The molecule has 2 atom stereocenters. The van der Waals surface area contributed by atoms with Crippen molar-refractivity contribution in [1.82, 2.24) is 5.32 Å². The van der Waals surface area contributed by atoms with E-state index in [-0.39, 0.29) is 17.5 Å². The van der Waals surface area contributed by atoms with Crippen LogP contribution in [0.15, 0.2) is 24.3 Å². The van der Waals surface area contributed by atoms with Crippen molar-refractivity contribution in [2.75, 3.05) is 25.2 Å². The summed E-state index contributed by atoms with van der Waals surface area (Å²) in [6.07, 6.45) is 0.887. The zero-order chi connectivity index (χ0) is 14.6. The Morgan fingerprint density at radius 3 is 2.70 bits per heavy atom. The van der Waals surface area contributed by atoms with Gasteiger partial charge in [-0.1, -0.05) is 12.1 Å². The molecule has 6 heteroatoms. The monoisotopic (exact) mass is 299 g/mol. The quantitative estimate of drug-likeness (QED) is 0.845. The van der Waals surface area contributed by atoms with E-state index in [4.69, 9.17) is 4.74 Å². The van der Waals surface area contributed by atoms with Gasteiger partial charge >= 0.3 is 0 Å². The van der Waals surface area contributed by atoms with Gasteiger partial charge in [-0.2, -0.15) is 0 Å². The Bertz CT molecular complexity index is 527. The van der Waals surface area contributed by atoms with Crippen LogP contribution in [0.1, 0.15) is 24.5 Å². The highest BCUT2D eigenvalue weighted by Gasteiger charge is 2.24. The summed E-state index contributed by atoms with van der Waals surface area (Å²) in [5, 5.41) is 13.2. The molecule has 20 heavy (non-hydrogen) atoms. The second kappa shape index (κ2) is 6.56. The molecule has 0 aromatic heterocycles. The van der Waals surface area contributed by atoms with Crippen LogP contribution in [0, 0.1) is 0 Å². The summed E-state index contributed by atoms with van der Waals surface area (Å²) in [6, 6.07) is 7.15. The predicted octanol–water partition coefficient (Wildman–Crippen LogP) is 0.895. The summed E-state index contributed by atoms with van der Waals surface area (Å²) in [7, 11) is -1.32. The first kappa shape index (κ1) is 15.3. The van der Waals surface area contributed by atoms with Crippen LogP contribution in [0.2, 0.25) is 0 Å². The van der Waals surface area contributed by atoms with E-state index in [1.54, 1.807) is 19.2 Å². The minimum Gasteiger partial charge on any atom is -0.497 e. The Morgan fingerprint density at radius 1 is 1.40 bits per heavy atom. The average molecular weight is 299 g/mol. The first-order valence-corrected chi connectivity index (χ1v) is 8.58. The van der Waals surface area contributed by atoms with Gasteiger partial charge in [0, 0.05) is 12.6 Å². The molecule has 1 saturated heterocycles. The van der Waals surface area contributed by atoms with E-state index < -0.39 is 15.9 Å². The van der Waals surface area contributed by atoms with E-state index in [0.717, 1.165) is 17.7 Å². The number of ether oxygens (including phenoxy) is 1. The van der Waals surface area contributed by atoms with Crippen LogP contribution in [0.3, 0.4) is 0 Å². The molecular weight excluding hydrogens is 278 g/mol. The topological polar surface area (TPSA) is 75.6 Å². The second-order valence-electron chi connectivity index (χ2n) is 5.15. The largest absolute Gasteiger partial charge is 0.497 e. The van der Waals surface area contributed by atoms with Gasteiger partial charge in [-0.25, -0.2) is 8.42 Å². The molecular formula is C14H21NO4S. The Hall–Kier alpha value is -1.11. The number of aliphatic hydroxyl groups is 1. The van der Waals surface area contributed by atoms with Gasteiger partial charge in [0.05, 0.1) is 24.7 Å². The van der Waals surface area contributed by atoms with Gasteiger partial charge in [-0.3, -0.25) is 0 Å². The molecule has 1 aliphatic rings. The lowest BCUT2D eigenvalue weighted by Crippen LogP contribution is -2.41. The van der Waals surface area contributed by atoms with E-state index in [1.807, 2.05) is 12.1 Å². The standard InChI is InChI=1S/C14H21NO4S/c1-19-13-6-4-11(5-7-13)14(16)9-15-12-3-2-8-20(17,18)10-12/h4-7,12,14-16H,2-3,8-10H2,1H3. The van der Waals surface area contributed by atoms with Crippen LogP contribution in [0.4, 0.5) is 0 Å². The number of hydrogen-bond donors (Lipinski definition) is 2. The zero-order valence-electron chi connectivity index (χ0n) is 11.6. The second-order valence-corrected chi connectivity index (χ2v) is 7.38. The highest BCUT2D eigenvalue weighted by molar-refractivity contribution is 7.91. The molecule has 5 nitrogen and oxygen atoms in total. The van der Waals surface area contributed by atoms with Crippen LogP contribution in [0.5, 0.6) is 5.75 Å². The molecule has 1 aromatic rings. The van der Waals surface area contributed by atoms with E-state index in [9.17, 15) is 13.5 Å². The molecule has 1 heterocycles. The van der Waals surface area contributed by atoms with Crippen molar-refractivity contribution in [3.8, 4) is 5.75 Å². The number of benzene rings is 1. The summed E-state index contributed by atoms with van der Waals surface area (Å²) in [5.74, 6) is 1.20. The molecule has 0 radical (unpaired) electrons. The summed E-state index contributed by atoms with van der Waals surface area (Å²) < 4.78 is 28.1. The molecule has 1 aromatic carbocycles. The van der Waals surface area contributed by atoms with Crippen molar-refractivity contribution in [3.05, 3.63) is 29.8 Å². The first-order valence-electron chi connectivity index (χ1n) is 6.76. The fourth-order valence-corrected chi connectivity index (χ4v) is 4.08. The molecule has 1 aliphatic heterocycles. The van der Waals surface area contributed by atoms with Crippen molar-refractivity contribution < 1.29 is 18.3 Å². The minimum absolute atomic E-state index is 0.0540. The van der Waals surface area contributed by atoms with Crippen molar-refractivity contribution >= 4 is 9.84 Å². The molecule has 2 unspecified atom stereocenters. The third-order valence-corrected chi connectivity index (χ3v) is 5.38. The van der Waals surface area contributed by atoms with Crippen LogP contribution >= 0.6 is 0 Å². The molecule has 0 bridgehead atoms. The van der Waals surface area contributed by atoms with Crippen molar-refractivity contribution in [2.24, 2.45) is 0 Å². The van der Waals surface area contributed by atoms with E-state index in [1.165, 1.54) is 0 Å². The van der Waals surface area contributed by atoms with Gasteiger partial charge in [0.1, 0.15) is 5.75 Å². The van der Waals surface area contributed by atoms with Gasteiger partial charge in [0.2, 0.25) is 0 Å². The number of methoxy groups -OCH3 is 1. The third kappa shape index (κ3) is 4.19. The van der Waals surface area contributed by atoms with Crippen LogP contribution in [-0.4, -0.2) is 44.7 Å². The lowest BCUT2D eigenvalue weighted by atomic mass is 10.1. The fraction of sp³-hybridized carbons (Fsp3) is 0.571. The Balaban J connectivity index is 1.86. The highest BCUT2D eigenvalue weighted by Crippen LogP contribution is 2.18. The van der Waals surface area contributed by atoms with Gasteiger partial charge in [0.25, 0.3) is 0 Å². The Kier molecular flexibility index (Phi) is 5.01. The van der Waals surface area contributed by atoms with E-state index in [0.29, 0.717) is 13.0 Å². The lowest BCUT2D eigenvalue weighted by molar-refractivity contribution is 0.169. The molecule has 2 N–H and O–H groups in total. The summed E-state index contributed by atoms with van der Waals surface area (Å²) in [5.41, 5.74) is 0.789. The zero-order valence-corrected chi connectivity index (χ0v) is 12.4. The van der Waals surface area contributed by atoms with Crippen LogP contribution in [0.25, 0.3) is 0 Å². The summed E-state index contributed by atoms with van der Waals surface area (Å²) >= 11 is 0. The number of sulfone groups is 1. The van der Waals surface area contributed by atoms with Gasteiger partial charge < -0.3 is 15.2 Å². The van der Waals surface area contributed by atoms with Gasteiger partial charge in [-0.05, 0) is 30.5 Å². The normalized spacial score (nSPS) is 23.2. The maximum atomic E-state index is 11.5. The minimum atomic E-state index is -2.91. The predicted molar refractivity (Wildman–Crippen MR) is 77.6 cm³/mol. The summed E-state index contributed by atoms with van der Waals surface area (Å²) in [6.45, 7) is 0.354. The molecule has 0 saturated carbocycles. The van der Waals surface area contributed by atoms with Crippen LogP contribution < -0.4 is 10.1 Å². The molecule has 0 aliphatic carbocycles.